The maximum atomic E-state index is 12.7. The zero-order chi connectivity index (χ0) is 17.2. The number of likely N-dealkylation sites (tertiary alicyclic amines) is 1. The molecule has 0 aromatic heterocycles. The molecule has 4 nitrogen and oxygen atoms in total. The lowest BCUT2D eigenvalue weighted by atomic mass is 9.82. The summed E-state index contributed by atoms with van der Waals surface area (Å²) in [6.45, 7) is 11.9. The number of nitrogens with zero attached hydrogens (tertiary/aromatic N) is 3. The molecule has 0 N–H and O–H groups in total. The van der Waals surface area contributed by atoms with Crippen LogP contribution in [0, 0.1) is 5.41 Å². The molecular formula is C20H31N3O. The molecule has 24 heavy (non-hydrogen) atoms. The van der Waals surface area contributed by atoms with Gasteiger partial charge in [0.2, 0.25) is 0 Å². The van der Waals surface area contributed by atoms with Gasteiger partial charge in [-0.15, -0.1) is 0 Å². The van der Waals surface area contributed by atoms with E-state index in [0.717, 1.165) is 64.2 Å². The standard InChI is InChI=1S/C20H31N3O/c1-20(2)8-10-23(11-9-20)19(24)18-6-4-17(5-7-18)16-22-14-12-21(3)13-15-22/h4-7H,8-16H2,1-3H3. The Morgan fingerprint density at radius 3 is 2.12 bits per heavy atom. The van der Waals surface area contributed by atoms with E-state index in [9.17, 15) is 4.79 Å². The lowest BCUT2D eigenvalue weighted by Gasteiger charge is -2.37. The molecule has 3 rings (SSSR count). The molecule has 2 fully saturated rings. The van der Waals surface area contributed by atoms with Crippen LogP contribution >= 0.6 is 0 Å². The van der Waals surface area contributed by atoms with E-state index in [2.05, 4.69) is 42.8 Å². The molecule has 0 atom stereocenters. The van der Waals surface area contributed by atoms with Gasteiger partial charge in [-0.2, -0.15) is 0 Å². The van der Waals surface area contributed by atoms with E-state index < -0.39 is 0 Å². The maximum Gasteiger partial charge on any atom is 0.253 e. The Morgan fingerprint density at radius 2 is 1.54 bits per heavy atom. The molecule has 1 aromatic rings. The van der Waals surface area contributed by atoms with Gasteiger partial charge in [-0.3, -0.25) is 9.69 Å². The van der Waals surface area contributed by atoms with E-state index >= 15 is 0 Å². The van der Waals surface area contributed by atoms with Gasteiger partial charge in [-0.1, -0.05) is 26.0 Å². The Bertz CT molecular complexity index is 549. The van der Waals surface area contributed by atoms with Gasteiger partial charge in [0, 0.05) is 51.4 Å². The van der Waals surface area contributed by atoms with E-state index in [1.807, 2.05) is 17.0 Å². The molecule has 0 radical (unpaired) electrons. The van der Waals surface area contributed by atoms with Crippen LogP contribution in [0.4, 0.5) is 0 Å². The number of piperidine rings is 1. The van der Waals surface area contributed by atoms with Gasteiger partial charge in [0.1, 0.15) is 0 Å². The Hall–Kier alpha value is -1.39. The quantitative estimate of drug-likeness (QED) is 0.853. The second-order valence-corrected chi connectivity index (χ2v) is 8.23. The molecule has 0 saturated carbocycles. The number of amides is 1. The molecule has 1 amide bonds. The van der Waals surface area contributed by atoms with Crippen molar-refractivity contribution in [3.63, 3.8) is 0 Å². The highest BCUT2D eigenvalue weighted by molar-refractivity contribution is 5.94. The molecule has 132 valence electrons. The first-order valence-electron chi connectivity index (χ1n) is 9.22. The number of piperazine rings is 1. The fraction of sp³-hybridized carbons (Fsp3) is 0.650. The monoisotopic (exact) mass is 329 g/mol. The number of likely N-dealkylation sites (N-methyl/N-ethyl adjacent to an activating group) is 1. The van der Waals surface area contributed by atoms with Gasteiger partial charge in [-0.25, -0.2) is 0 Å². The number of hydrogen-bond acceptors (Lipinski definition) is 3. The predicted molar refractivity (Wildman–Crippen MR) is 98.1 cm³/mol. The fourth-order valence-corrected chi connectivity index (χ4v) is 3.51. The summed E-state index contributed by atoms with van der Waals surface area (Å²) in [4.78, 5) is 19.5. The lowest BCUT2D eigenvalue weighted by Crippen LogP contribution is -2.43. The highest BCUT2D eigenvalue weighted by Gasteiger charge is 2.28. The molecule has 2 aliphatic rings. The van der Waals surface area contributed by atoms with Crippen LogP contribution in [-0.2, 0) is 6.54 Å². The van der Waals surface area contributed by atoms with Crippen molar-refractivity contribution in [1.29, 1.82) is 0 Å². The van der Waals surface area contributed by atoms with Gasteiger partial charge in [0.15, 0.2) is 0 Å². The fourth-order valence-electron chi connectivity index (χ4n) is 3.51. The largest absolute Gasteiger partial charge is 0.339 e. The molecule has 0 bridgehead atoms. The molecule has 2 aliphatic heterocycles. The normalized spacial score (nSPS) is 22.5. The topological polar surface area (TPSA) is 26.8 Å². The third kappa shape index (κ3) is 4.37. The van der Waals surface area contributed by atoms with Crippen LogP contribution in [0.2, 0.25) is 0 Å². The Balaban J connectivity index is 1.55. The molecule has 0 unspecified atom stereocenters. The minimum absolute atomic E-state index is 0.191. The lowest BCUT2D eigenvalue weighted by molar-refractivity contribution is 0.0630. The minimum Gasteiger partial charge on any atom is -0.339 e. The molecule has 0 aliphatic carbocycles. The SMILES string of the molecule is CN1CCN(Cc2ccc(C(=O)N3CCC(C)(C)CC3)cc2)CC1. The van der Waals surface area contributed by atoms with Gasteiger partial charge in [0.25, 0.3) is 5.91 Å². The molecule has 0 spiro atoms. The van der Waals surface area contributed by atoms with E-state index in [-0.39, 0.29) is 5.91 Å². The van der Waals surface area contributed by atoms with Crippen LogP contribution in [0.15, 0.2) is 24.3 Å². The van der Waals surface area contributed by atoms with Crippen LogP contribution in [-0.4, -0.2) is 66.9 Å². The third-order valence-corrected chi connectivity index (χ3v) is 5.61. The first-order chi connectivity index (χ1) is 11.4. The molecule has 2 saturated heterocycles. The Labute approximate surface area is 146 Å². The van der Waals surface area contributed by atoms with Crippen LogP contribution < -0.4 is 0 Å². The second kappa shape index (κ2) is 7.24. The van der Waals surface area contributed by atoms with E-state index in [1.165, 1.54) is 5.56 Å². The highest BCUT2D eigenvalue weighted by atomic mass is 16.2. The number of rotatable bonds is 3. The van der Waals surface area contributed by atoms with Crippen molar-refractivity contribution in [1.82, 2.24) is 14.7 Å². The first kappa shape index (κ1) is 17.4. The van der Waals surface area contributed by atoms with Crippen molar-refractivity contribution in [3.05, 3.63) is 35.4 Å². The summed E-state index contributed by atoms with van der Waals surface area (Å²) in [6.07, 6.45) is 2.19. The van der Waals surface area contributed by atoms with Gasteiger partial charge >= 0.3 is 0 Å². The van der Waals surface area contributed by atoms with Crippen LogP contribution in [0.25, 0.3) is 0 Å². The van der Waals surface area contributed by atoms with Crippen LogP contribution in [0.3, 0.4) is 0 Å². The van der Waals surface area contributed by atoms with Crippen molar-refractivity contribution in [2.24, 2.45) is 5.41 Å². The van der Waals surface area contributed by atoms with Crippen molar-refractivity contribution < 1.29 is 4.79 Å². The molecule has 4 heteroatoms. The Kier molecular flexibility index (Phi) is 5.26. The van der Waals surface area contributed by atoms with E-state index in [1.54, 1.807) is 0 Å². The van der Waals surface area contributed by atoms with Gasteiger partial charge < -0.3 is 9.80 Å². The summed E-state index contributed by atoms with van der Waals surface area (Å²) < 4.78 is 0. The van der Waals surface area contributed by atoms with Crippen LogP contribution in [0.1, 0.15) is 42.6 Å². The van der Waals surface area contributed by atoms with Crippen molar-refractivity contribution in [2.75, 3.05) is 46.3 Å². The van der Waals surface area contributed by atoms with Gasteiger partial charge in [-0.05, 0) is 43.0 Å². The predicted octanol–water partition coefficient (Wildman–Crippen LogP) is 2.70. The summed E-state index contributed by atoms with van der Waals surface area (Å²) in [7, 11) is 2.18. The summed E-state index contributed by atoms with van der Waals surface area (Å²) in [5, 5.41) is 0. The average Bonchev–Trinajstić information content (AvgIpc) is 2.57. The number of carbonyl (C=O) groups is 1. The summed E-state index contributed by atoms with van der Waals surface area (Å²) in [6, 6.07) is 8.26. The minimum atomic E-state index is 0.191. The smallest absolute Gasteiger partial charge is 0.253 e. The summed E-state index contributed by atoms with van der Waals surface area (Å²) in [5.74, 6) is 0.191. The van der Waals surface area contributed by atoms with Crippen LogP contribution in [0.5, 0.6) is 0 Å². The van der Waals surface area contributed by atoms with E-state index in [4.69, 9.17) is 0 Å². The molecule has 1 aromatic carbocycles. The number of hydrogen-bond donors (Lipinski definition) is 0. The molecule has 2 heterocycles. The van der Waals surface area contributed by atoms with Crippen molar-refractivity contribution in [2.45, 2.75) is 33.2 Å². The highest BCUT2D eigenvalue weighted by Crippen LogP contribution is 2.30. The maximum absolute atomic E-state index is 12.7. The number of benzene rings is 1. The van der Waals surface area contributed by atoms with Crippen molar-refractivity contribution in [3.8, 4) is 0 Å². The summed E-state index contributed by atoms with van der Waals surface area (Å²) >= 11 is 0. The molecular weight excluding hydrogens is 298 g/mol. The average molecular weight is 329 g/mol. The second-order valence-electron chi connectivity index (χ2n) is 8.23. The zero-order valence-corrected chi connectivity index (χ0v) is 15.4. The summed E-state index contributed by atoms with van der Waals surface area (Å²) in [5.41, 5.74) is 2.51. The first-order valence-corrected chi connectivity index (χ1v) is 9.22. The Morgan fingerprint density at radius 1 is 0.958 bits per heavy atom. The van der Waals surface area contributed by atoms with E-state index in [0.29, 0.717) is 5.41 Å². The van der Waals surface area contributed by atoms with Gasteiger partial charge in [0.05, 0.1) is 0 Å². The third-order valence-electron chi connectivity index (χ3n) is 5.61. The zero-order valence-electron chi connectivity index (χ0n) is 15.4. The number of carbonyl (C=O) groups excluding carboxylic acids is 1. The van der Waals surface area contributed by atoms with Crippen molar-refractivity contribution >= 4 is 5.91 Å².